The zero-order chi connectivity index (χ0) is 18.0. The Labute approximate surface area is 153 Å². The molecule has 0 N–H and O–H groups in total. The van der Waals surface area contributed by atoms with Crippen LogP contribution in [0.5, 0.6) is 0 Å². The summed E-state index contributed by atoms with van der Waals surface area (Å²) in [6.07, 6.45) is 1.68. The van der Waals surface area contributed by atoms with Gasteiger partial charge in [0.25, 0.3) is 11.1 Å². The molecular formula is C17H16N2O4S2. The Bertz CT molecular complexity index is 839. The molecule has 0 atom stereocenters. The van der Waals surface area contributed by atoms with Crippen LogP contribution in [0.4, 0.5) is 4.79 Å². The number of aryl methyl sites for hydroxylation is 1. The lowest BCUT2D eigenvalue weighted by Gasteiger charge is -2.19. The molecule has 0 aromatic carbocycles. The van der Waals surface area contributed by atoms with Crippen LogP contribution >= 0.6 is 23.1 Å². The van der Waals surface area contributed by atoms with Crippen molar-refractivity contribution in [1.29, 1.82) is 0 Å². The van der Waals surface area contributed by atoms with Gasteiger partial charge in [-0.15, -0.1) is 11.3 Å². The minimum atomic E-state index is -0.431. The SMILES string of the molecule is Cc1ccc(CN(C)C(=O)CN2C(=O)S/C(=C\c3cccs3)C2=O)o1. The number of hydrogen-bond donors (Lipinski definition) is 0. The van der Waals surface area contributed by atoms with Gasteiger partial charge in [-0.3, -0.25) is 19.3 Å². The van der Waals surface area contributed by atoms with Crippen LogP contribution in [0.25, 0.3) is 6.08 Å². The Morgan fingerprint density at radius 2 is 2.12 bits per heavy atom. The second-order valence-electron chi connectivity index (χ2n) is 5.55. The summed E-state index contributed by atoms with van der Waals surface area (Å²) in [6.45, 7) is 1.84. The van der Waals surface area contributed by atoms with Crippen molar-refractivity contribution in [1.82, 2.24) is 9.80 Å². The highest BCUT2D eigenvalue weighted by Gasteiger charge is 2.36. The van der Waals surface area contributed by atoms with Crippen molar-refractivity contribution in [2.45, 2.75) is 13.5 Å². The summed E-state index contributed by atoms with van der Waals surface area (Å²) in [6, 6.07) is 7.35. The molecule has 0 saturated carbocycles. The standard InChI is InChI=1S/C17H16N2O4S2/c1-11-5-6-12(23-11)9-18(2)15(20)10-19-16(21)14(25-17(19)22)8-13-4-3-7-24-13/h3-8H,9-10H2,1-2H3/b14-8-. The monoisotopic (exact) mass is 376 g/mol. The summed E-state index contributed by atoms with van der Waals surface area (Å²) in [7, 11) is 1.61. The maximum Gasteiger partial charge on any atom is 0.294 e. The van der Waals surface area contributed by atoms with E-state index in [-0.39, 0.29) is 19.0 Å². The van der Waals surface area contributed by atoms with E-state index >= 15 is 0 Å². The zero-order valence-corrected chi connectivity index (χ0v) is 15.4. The molecule has 1 aliphatic heterocycles. The summed E-state index contributed by atoms with van der Waals surface area (Å²) < 4.78 is 5.44. The van der Waals surface area contributed by atoms with Gasteiger partial charge >= 0.3 is 0 Å². The minimum Gasteiger partial charge on any atom is -0.464 e. The van der Waals surface area contributed by atoms with E-state index in [1.54, 1.807) is 19.2 Å². The number of hydrogen-bond acceptors (Lipinski definition) is 6. The summed E-state index contributed by atoms with van der Waals surface area (Å²) in [5, 5.41) is 1.47. The summed E-state index contributed by atoms with van der Waals surface area (Å²) >= 11 is 2.34. The molecule has 0 spiro atoms. The molecule has 1 aliphatic rings. The van der Waals surface area contributed by atoms with Gasteiger partial charge in [0.15, 0.2) is 0 Å². The highest BCUT2D eigenvalue weighted by molar-refractivity contribution is 8.18. The fraction of sp³-hybridized carbons (Fsp3) is 0.235. The van der Waals surface area contributed by atoms with Crippen LogP contribution in [0, 0.1) is 6.92 Å². The molecule has 2 aromatic heterocycles. The van der Waals surface area contributed by atoms with Crippen molar-refractivity contribution in [3.05, 3.63) is 50.9 Å². The van der Waals surface area contributed by atoms with Gasteiger partial charge in [-0.1, -0.05) is 6.07 Å². The third kappa shape index (κ3) is 4.02. The van der Waals surface area contributed by atoms with Crippen molar-refractivity contribution < 1.29 is 18.8 Å². The number of amides is 3. The van der Waals surface area contributed by atoms with Gasteiger partial charge in [-0.05, 0) is 48.3 Å². The van der Waals surface area contributed by atoms with Gasteiger partial charge in [0.1, 0.15) is 18.1 Å². The first-order chi connectivity index (χ1) is 11.9. The van der Waals surface area contributed by atoms with Crippen molar-refractivity contribution in [2.24, 2.45) is 0 Å². The van der Waals surface area contributed by atoms with Gasteiger partial charge in [0.2, 0.25) is 5.91 Å². The van der Waals surface area contributed by atoms with Crippen molar-refractivity contribution >= 4 is 46.2 Å². The predicted molar refractivity (Wildman–Crippen MR) is 96.9 cm³/mol. The van der Waals surface area contributed by atoms with E-state index in [9.17, 15) is 14.4 Å². The number of carbonyl (C=O) groups is 3. The molecule has 3 heterocycles. The molecule has 0 bridgehead atoms. The Hall–Kier alpha value is -2.32. The number of likely N-dealkylation sites (N-methyl/N-ethyl adjacent to an activating group) is 1. The van der Waals surface area contributed by atoms with E-state index in [4.69, 9.17) is 4.42 Å². The minimum absolute atomic E-state index is 0.275. The Balaban J connectivity index is 1.64. The maximum absolute atomic E-state index is 12.4. The van der Waals surface area contributed by atoms with Crippen LogP contribution in [0.3, 0.4) is 0 Å². The second-order valence-corrected chi connectivity index (χ2v) is 7.52. The van der Waals surface area contributed by atoms with Crippen LogP contribution in [-0.2, 0) is 16.1 Å². The Kier molecular flexibility index (Phi) is 5.10. The molecule has 0 aliphatic carbocycles. The lowest BCUT2D eigenvalue weighted by Crippen LogP contribution is -2.40. The van der Waals surface area contributed by atoms with E-state index < -0.39 is 11.1 Å². The van der Waals surface area contributed by atoms with Crippen LogP contribution in [-0.4, -0.2) is 40.4 Å². The van der Waals surface area contributed by atoms with Crippen LogP contribution in [0.1, 0.15) is 16.4 Å². The zero-order valence-electron chi connectivity index (χ0n) is 13.7. The number of carbonyl (C=O) groups excluding carboxylic acids is 3. The third-order valence-corrected chi connectivity index (χ3v) is 5.32. The first-order valence-electron chi connectivity index (χ1n) is 7.52. The first kappa shape index (κ1) is 17.5. The lowest BCUT2D eigenvalue weighted by molar-refractivity contribution is -0.135. The molecule has 3 rings (SSSR count). The molecule has 1 fully saturated rings. The summed E-state index contributed by atoms with van der Waals surface area (Å²) in [5.41, 5.74) is 0. The molecule has 1 saturated heterocycles. The van der Waals surface area contributed by atoms with Gasteiger partial charge in [0.05, 0.1) is 11.4 Å². The number of rotatable bonds is 5. The fourth-order valence-corrected chi connectivity index (χ4v) is 3.85. The molecule has 0 unspecified atom stereocenters. The van der Waals surface area contributed by atoms with Crippen LogP contribution < -0.4 is 0 Å². The summed E-state index contributed by atoms with van der Waals surface area (Å²) in [5.74, 6) is 0.660. The summed E-state index contributed by atoms with van der Waals surface area (Å²) in [4.78, 5) is 40.5. The van der Waals surface area contributed by atoms with E-state index in [2.05, 4.69) is 0 Å². The average Bonchev–Trinajstić information content (AvgIpc) is 3.27. The molecule has 2 aromatic rings. The van der Waals surface area contributed by atoms with Gasteiger partial charge in [-0.2, -0.15) is 0 Å². The van der Waals surface area contributed by atoms with Crippen molar-refractivity contribution in [3.8, 4) is 0 Å². The van der Waals surface area contributed by atoms with Crippen LogP contribution in [0.15, 0.2) is 39.0 Å². The second kappa shape index (κ2) is 7.28. The number of imide groups is 1. The largest absolute Gasteiger partial charge is 0.464 e. The molecule has 0 radical (unpaired) electrons. The molecule has 25 heavy (non-hydrogen) atoms. The quantitative estimate of drug-likeness (QED) is 0.749. The predicted octanol–water partition coefficient (Wildman–Crippen LogP) is 3.34. The normalized spacial score (nSPS) is 16.1. The lowest BCUT2D eigenvalue weighted by atomic mass is 10.3. The molecular weight excluding hydrogens is 360 g/mol. The highest BCUT2D eigenvalue weighted by atomic mass is 32.2. The Morgan fingerprint density at radius 3 is 2.76 bits per heavy atom. The van der Waals surface area contributed by atoms with E-state index in [0.717, 1.165) is 27.3 Å². The van der Waals surface area contributed by atoms with Crippen molar-refractivity contribution in [2.75, 3.05) is 13.6 Å². The topological polar surface area (TPSA) is 70.8 Å². The highest BCUT2D eigenvalue weighted by Crippen LogP contribution is 2.32. The molecule has 6 nitrogen and oxygen atoms in total. The van der Waals surface area contributed by atoms with Crippen LogP contribution in [0.2, 0.25) is 0 Å². The van der Waals surface area contributed by atoms with Gasteiger partial charge < -0.3 is 9.32 Å². The third-order valence-electron chi connectivity index (χ3n) is 3.60. The van der Waals surface area contributed by atoms with Crippen molar-refractivity contribution in [3.63, 3.8) is 0 Å². The van der Waals surface area contributed by atoms with E-state index in [0.29, 0.717) is 10.7 Å². The fourth-order valence-electron chi connectivity index (χ4n) is 2.29. The van der Waals surface area contributed by atoms with Gasteiger partial charge in [-0.25, -0.2) is 0 Å². The van der Waals surface area contributed by atoms with E-state index in [1.807, 2.05) is 30.5 Å². The van der Waals surface area contributed by atoms with Gasteiger partial charge in [0, 0.05) is 11.9 Å². The maximum atomic E-state index is 12.4. The number of thiophene rings is 1. The molecule has 8 heteroatoms. The number of furan rings is 1. The molecule has 130 valence electrons. The molecule has 3 amide bonds. The Morgan fingerprint density at radius 1 is 1.32 bits per heavy atom. The average molecular weight is 376 g/mol. The number of nitrogens with zero attached hydrogens (tertiary/aromatic N) is 2. The van der Waals surface area contributed by atoms with E-state index in [1.165, 1.54) is 16.2 Å². The first-order valence-corrected chi connectivity index (χ1v) is 9.22. The smallest absolute Gasteiger partial charge is 0.294 e. The number of thioether (sulfide) groups is 1.